The van der Waals surface area contributed by atoms with E-state index in [1.807, 2.05) is 56.0 Å². The van der Waals surface area contributed by atoms with Gasteiger partial charge in [0.15, 0.2) is 6.61 Å². The van der Waals surface area contributed by atoms with Crippen molar-refractivity contribution in [3.8, 4) is 5.75 Å². The number of aryl methyl sites for hydroxylation is 3. The third kappa shape index (κ3) is 6.47. The van der Waals surface area contributed by atoms with Gasteiger partial charge in [-0.25, -0.2) is 0 Å². The van der Waals surface area contributed by atoms with E-state index in [1.54, 1.807) is 0 Å². The Morgan fingerprint density at radius 1 is 1.03 bits per heavy atom. The number of nitrogens with one attached hydrogen (secondary N) is 1. The minimum absolute atomic E-state index is 0.00533. The molecule has 0 aliphatic carbocycles. The minimum atomic E-state index is -0.118. The third-order valence-corrected chi connectivity index (χ3v) is 6.23. The number of likely N-dealkylation sites (tertiary alicyclic amines) is 1. The first kappa shape index (κ1) is 23.1. The monoisotopic (exact) mass is 442 g/mol. The number of carbonyl (C=O) groups is 2. The molecule has 1 N–H and O–H groups in total. The highest BCUT2D eigenvalue weighted by Crippen LogP contribution is 2.25. The van der Waals surface area contributed by atoms with Crippen LogP contribution in [0.15, 0.2) is 36.4 Å². The van der Waals surface area contributed by atoms with E-state index in [-0.39, 0.29) is 24.5 Å². The Bertz CT molecular complexity index is 919. The SMILES string of the molecule is Cc1ccc(C)c(OCC(=O)NC2CCN(C(=O)CCc3ccc(Cl)cc3)CC2)c1C. The normalized spacial score (nSPS) is 14.4. The van der Waals surface area contributed by atoms with Crippen molar-refractivity contribution in [3.05, 3.63) is 63.7 Å². The van der Waals surface area contributed by atoms with Crippen molar-refractivity contribution in [2.24, 2.45) is 0 Å². The van der Waals surface area contributed by atoms with Gasteiger partial charge in [-0.05, 0) is 74.4 Å². The van der Waals surface area contributed by atoms with Gasteiger partial charge in [0.2, 0.25) is 5.91 Å². The Morgan fingerprint density at radius 3 is 2.35 bits per heavy atom. The zero-order chi connectivity index (χ0) is 22.4. The number of carbonyl (C=O) groups excluding carboxylic acids is 2. The summed E-state index contributed by atoms with van der Waals surface area (Å²) >= 11 is 5.90. The standard InChI is InChI=1S/C25H31ClN2O3/c1-17-4-5-18(2)25(19(17)3)31-16-23(29)27-22-12-14-28(15-13-22)24(30)11-8-20-6-9-21(26)10-7-20/h4-7,9-10,22H,8,11-16H2,1-3H3,(H,27,29). The van der Waals surface area contributed by atoms with Gasteiger partial charge in [0.25, 0.3) is 5.91 Å². The zero-order valence-electron chi connectivity index (χ0n) is 18.5. The second-order valence-corrected chi connectivity index (χ2v) is 8.73. The molecule has 0 spiro atoms. The van der Waals surface area contributed by atoms with Crippen LogP contribution in [0.1, 0.15) is 41.5 Å². The predicted molar refractivity (Wildman–Crippen MR) is 124 cm³/mol. The van der Waals surface area contributed by atoms with Gasteiger partial charge in [0.05, 0.1) is 0 Å². The van der Waals surface area contributed by atoms with Gasteiger partial charge in [-0.3, -0.25) is 9.59 Å². The molecule has 1 heterocycles. The lowest BCUT2D eigenvalue weighted by atomic mass is 10.0. The number of piperidine rings is 1. The van der Waals surface area contributed by atoms with Crippen LogP contribution >= 0.6 is 11.6 Å². The minimum Gasteiger partial charge on any atom is -0.483 e. The molecule has 1 aliphatic heterocycles. The van der Waals surface area contributed by atoms with E-state index >= 15 is 0 Å². The summed E-state index contributed by atoms with van der Waals surface area (Å²) < 4.78 is 5.81. The highest BCUT2D eigenvalue weighted by molar-refractivity contribution is 6.30. The average molecular weight is 443 g/mol. The van der Waals surface area contributed by atoms with Gasteiger partial charge < -0.3 is 15.0 Å². The molecule has 3 rings (SSSR count). The van der Waals surface area contributed by atoms with E-state index in [2.05, 4.69) is 11.4 Å². The van der Waals surface area contributed by atoms with Crippen LogP contribution in [0, 0.1) is 20.8 Å². The highest BCUT2D eigenvalue weighted by atomic mass is 35.5. The Morgan fingerprint density at radius 2 is 1.68 bits per heavy atom. The van der Waals surface area contributed by atoms with E-state index in [4.69, 9.17) is 16.3 Å². The molecule has 1 saturated heterocycles. The maximum Gasteiger partial charge on any atom is 0.258 e. The maximum atomic E-state index is 12.5. The van der Waals surface area contributed by atoms with Crippen molar-refractivity contribution < 1.29 is 14.3 Å². The van der Waals surface area contributed by atoms with E-state index < -0.39 is 0 Å². The van der Waals surface area contributed by atoms with Crippen molar-refractivity contribution in [1.29, 1.82) is 0 Å². The van der Waals surface area contributed by atoms with E-state index in [0.29, 0.717) is 31.0 Å². The number of hydrogen-bond acceptors (Lipinski definition) is 3. The van der Waals surface area contributed by atoms with Gasteiger partial charge in [-0.2, -0.15) is 0 Å². The lowest BCUT2D eigenvalue weighted by Gasteiger charge is -2.32. The first-order chi connectivity index (χ1) is 14.8. The van der Waals surface area contributed by atoms with Crippen LogP contribution in [0.25, 0.3) is 0 Å². The fourth-order valence-corrected chi connectivity index (χ4v) is 4.01. The summed E-state index contributed by atoms with van der Waals surface area (Å²) in [6.45, 7) is 7.37. The molecule has 6 heteroatoms. The smallest absolute Gasteiger partial charge is 0.258 e. The molecule has 0 radical (unpaired) electrons. The molecular weight excluding hydrogens is 412 g/mol. The molecule has 0 unspecified atom stereocenters. The van der Waals surface area contributed by atoms with Gasteiger partial charge in [0.1, 0.15) is 5.75 Å². The molecule has 2 amide bonds. The Kier molecular flexibility index (Phi) is 7.97. The van der Waals surface area contributed by atoms with E-state index in [9.17, 15) is 9.59 Å². The van der Waals surface area contributed by atoms with Crippen molar-refractivity contribution in [1.82, 2.24) is 10.2 Å². The second-order valence-electron chi connectivity index (χ2n) is 8.29. The maximum absolute atomic E-state index is 12.5. The molecule has 0 bridgehead atoms. The summed E-state index contributed by atoms with van der Waals surface area (Å²) in [7, 11) is 0. The lowest BCUT2D eigenvalue weighted by Crippen LogP contribution is -2.47. The molecule has 5 nitrogen and oxygen atoms in total. The van der Waals surface area contributed by atoms with Gasteiger partial charge in [-0.1, -0.05) is 35.9 Å². The fourth-order valence-electron chi connectivity index (χ4n) is 3.89. The summed E-state index contributed by atoms with van der Waals surface area (Å²) in [6.07, 6.45) is 2.73. The first-order valence-electron chi connectivity index (χ1n) is 10.8. The van der Waals surface area contributed by atoms with Gasteiger partial charge in [0, 0.05) is 30.6 Å². The van der Waals surface area contributed by atoms with Crippen molar-refractivity contribution in [3.63, 3.8) is 0 Å². The van der Waals surface area contributed by atoms with E-state index in [1.165, 1.54) is 0 Å². The molecule has 0 saturated carbocycles. The molecule has 0 aromatic heterocycles. The van der Waals surface area contributed by atoms with Crippen molar-refractivity contribution in [2.45, 2.75) is 52.5 Å². The van der Waals surface area contributed by atoms with Crippen LogP contribution in [0.2, 0.25) is 5.02 Å². The van der Waals surface area contributed by atoms with Crippen LogP contribution in [0.3, 0.4) is 0 Å². The van der Waals surface area contributed by atoms with Gasteiger partial charge in [-0.15, -0.1) is 0 Å². The van der Waals surface area contributed by atoms with Crippen LogP contribution in [-0.2, 0) is 16.0 Å². The molecular formula is C25H31ClN2O3. The number of ether oxygens (including phenoxy) is 1. The Balaban J connectivity index is 1.39. The Labute approximate surface area is 189 Å². The second kappa shape index (κ2) is 10.7. The van der Waals surface area contributed by atoms with Crippen molar-refractivity contribution in [2.75, 3.05) is 19.7 Å². The molecule has 2 aromatic carbocycles. The molecule has 1 fully saturated rings. The quantitative estimate of drug-likeness (QED) is 0.692. The van der Waals surface area contributed by atoms with Gasteiger partial charge >= 0.3 is 0 Å². The van der Waals surface area contributed by atoms with Crippen LogP contribution in [0.5, 0.6) is 5.75 Å². The largest absolute Gasteiger partial charge is 0.483 e. The summed E-state index contributed by atoms with van der Waals surface area (Å²) in [6, 6.07) is 11.8. The number of halogens is 1. The first-order valence-corrected chi connectivity index (χ1v) is 11.2. The molecule has 1 aliphatic rings. The van der Waals surface area contributed by atoms with E-state index in [0.717, 1.165) is 40.8 Å². The molecule has 31 heavy (non-hydrogen) atoms. The van der Waals surface area contributed by atoms with Crippen molar-refractivity contribution >= 4 is 23.4 Å². The number of hydrogen-bond donors (Lipinski definition) is 1. The molecule has 166 valence electrons. The number of benzene rings is 2. The summed E-state index contributed by atoms with van der Waals surface area (Å²) in [5.74, 6) is 0.831. The van der Waals surface area contributed by atoms with Crippen LogP contribution < -0.4 is 10.1 Å². The molecule has 2 aromatic rings. The predicted octanol–water partition coefficient (Wildman–Crippen LogP) is 4.38. The third-order valence-electron chi connectivity index (χ3n) is 5.97. The summed E-state index contributed by atoms with van der Waals surface area (Å²) in [5.41, 5.74) is 4.35. The Hall–Kier alpha value is -2.53. The zero-order valence-corrected chi connectivity index (χ0v) is 19.3. The number of nitrogens with zero attached hydrogens (tertiary/aromatic N) is 1. The lowest BCUT2D eigenvalue weighted by molar-refractivity contribution is -0.132. The summed E-state index contributed by atoms with van der Waals surface area (Å²) in [5, 5.41) is 3.75. The number of rotatable bonds is 7. The fraction of sp³-hybridized carbons (Fsp3) is 0.440. The average Bonchev–Trinajstić information content (AvgIpc) is 2.76. The number of amides is 2. The summed E-state index contributed by atoms with van der Waals surface area (Å²) in [4.78, 5) is 26.8. The topological polar surface area (TPSA) is 58.6 Å². The van der Waals surface area contributed by atoms with Crippen LogP contribution in [-0.4, -0.2) is 42.5 Å². The molecule has 0 atom stereocenters. The van der Waals surface area contributed by atoms with Crippen LogP contribution in [0.4, 0.5) is 0 Å². The highest BCUT2D eigenvalue weighted by Gasteiger charge is 2.24.